The minimum Gasteiger partial charge on any atom is -0.508 e. The molecule has 0 aromatic heterocycles. The van der Waals surface area contributed by atoms with Gasteiger partial charge >= 0.3 is 0 Å². The number of aromatic hydroxyl groups is 1. The Labute approximate surface area is 107 Å². The molecule has 1 saturated carbocycles. The predicted octanol–water partition coefficient (Wildman–Crippen LogP) is 1.54. The van der Waals surface area contributed by atoms with Gasteiger partial charge < -0.3 is 15.7 Å². The molecule has 0 heterocycles. The van der Waals surface area contributed by atoms with Crippen LogP contribution in [0.4, 0.5) is 0 Å². The maximum Gasteiger partial charge on any atom is 0.220 e. The van der Waals surface area contributed by atoms with Crippen molar-refractivity contribution in [2.45, 2.75) is 38.3 Å². The quantitative estimate of drug-likeness (QED) is 0.641. The first-order chi connectivity index (χ1) is 8.74. The molecule has 0 unspecified atom stereocenters. The Hall–Kier alpha value is -1.55. The lowest BCUT2D eigenvalue weighted by Gasteiger charge is -2.06. The largest absolute Gasteiger partial charge is 0.508 e. The van der Waals surface area contributed by atoms with Crippen LogP contribution in [0, 0.1) is 0 Å². The van der Waals surface area contributed by atoms with Crippen LogP contribution in [0.5, 0.6) is 5.75 Å². The van der Waals surface area contributed by atoms with E-state index in [1.807, 2.05) is 12.1 Å². The van der Waals surface area contributed by atoms with E-state index < -0.39 is 0 Å². The van der Waals surface area contributed by atoms with Crippen LogP contribution in [-0.4, -0.2) is 23.6 Å². The lowest BCUT2D eigenvalue weighted by atomic mass is 10.2. The van der Waals surface area contributed by atoms with Gasteiger partial charge in [-0.3, -0.25) is 4.79 Å². The number of rotatable bonds is 7. The first-order valence-electron chi connectivity index (χ1n) is 6.52. The van der Waals surface area contributed by atoms with E-state index in [2.05, 4.69) is 10.6 Å². The van der Waals surface area contributed by atoms with Gasteiger partial charge in [-0.1, -0.05) is 12.1 Å². The van der Waals surface area contributed by atoms with E-state index in [9.17, 15) is 9.90 Å². The molecule has 1 aromatic rings. The van der Waals surface area contributed by atoms with Crippen molar-refractivity contribution >= 4 is 5.91 Å². The second-order valence-electron chi connectivity index (χ2n) is 4.79. The normalized spacial score (nSPS) is 14.4. The summed E-state index contributed by atoms with van der Waals surface area (Å²) < 4.78 is 0. The zero-order valence-corrected chi connectivity index (χ0v) is 10.5. The number of amides is 1. The molecule has 4 nitrogen and oxygen atoms in total. The first kappa shape index (κ1) is 12.9. The highest BCUT2D eigenvalue weighted by Crippen LogP contribution is 2.18. The second kappa shape index (κ2) is 6.40. The molecular weight excluding hydrogens is 228 g/mol. The summed E-state index contributed by atoms with van der Waals surface area (Å²) >= 11 is 0. The fourth-order valence-electron chi connectivity index (χ4n) is 1.80. The molecule has 3 N–H and O–H groups in total. The van der Waals surface area contributed by atoms with Crippen LogP contribution in [0.15, 0.2) is 24.3 Å². The van der Waals surface area contributed by atoms with E-state index in [1.165, 1.54) is 0 Å². The number of benzene rings is 1. The van der Waals surface area contributed by atoms with Gasteiger partial charge in [0.2, 0.25) is 5.91 Å². The molecule has 98 valence electrons. The van der Waals surface area contributed by atoms with E-state index in [0.717, 1.165) is 37.9 Å². The van der Waals surface area contributed by atoms with E-state index in [-0.39, 0.29) is 11.7 Å². The molecular formula is C14H20N2O2. The van der Waals surface area contributed by atoms with Crippen molar-refractivity contribution < 1.29 is 9.90 Å². The lowest BCUT2D eigenvalue weighted by molar-refractivity contribution is -0.121. The molecule has 0 bridgehead atoms. The molecule has 0 aliphatic heterocycles. The van der Waals surface area contributed by atoms with Gasteiger partial charge in [0.25, 0.3) is 0 Å². The second-order valence-corrected chi connectivity index (χ2v) is 4.79. The van der Waals surface area contributed by atoms with Crippen LogP contribution in [0.3, 0.4) is 0 Å². The highest BCUT2D eigenvalue weighted by atomic mass is 16.3. The van der Waals surface area contributed by atoms with Crippen LogP contribution in [0.1, 0.15) is 31.2 Å². The summed E-state index contributed by atoms with van der Waals surface area (Å²) in [6.45, 7) is 1.53. The highest BCUT2D eigenvalue weighted by molar-refractivity contribution is 5.76. The summed E-state index contributed by atoms with van der Waals surface area (Å²) in [5.41, 5.74) is 1.05. The summed E-state index contributed by atoms with van der Waals surface area (Å²) in [5, 5.41) is 15.5. The van der Waals surface area contributed by atoms with E-state index >= 15 is 0 Å². The van der Waals surface area contributed by atoms with Gasteiger partial charge in [-0.2, -0.15) is 0 Å². The molecule has 1 fully saturated rings. The van der Waals surface area contributed by atoms with Crippen molar-refractivity contribution in [3.05, 3.63) is 29.8 Å². The average Bonchev–Trinajstić information content (AvgIpc) is 3.12. The molecule has 0 atom stereocenters. The zero-order chi connectivity index (χ0) is 12.8. The molecule has 4 heteroatoms. The van der Waals surface area contributed by atoms with E-state index in [1.54, 1.807) is 12.1 Å². The third-order valence-electron chi connectivity index (χ3n) is 2.94. The summed E-state index contributed by atoms with van der Waals surface area (Å²) in [7, 11) is 0. The molecule has 18 heavy (non-hydrogen) atoms. The van der Waals surface area contributed by atoms with Crippen LogP contribution >= 0.6 is 0 Å². The number of phenolic OH excluding ortho intramolecular Hbond substituents is 1. The minimum atomic E-state index is 0.164. The summed E-state index contributed by atoms with van der Waals surface area (Å²) in [4.78, 5) is 11.4. The third kappa shape index (κ3) is 4.75. The molecule has 0 radical (unpaired) electrons. The van der Waals surface area contributed by atoms with Gasteiger partial charge in [-0.05, 0) is 43.5 Å². The van der Waals surface area contributed by atoms with Crippen molar-refractivity contribution in [1.29, 1.82) is 0 Å². The highest BCUT2D eigenvalue weighted by Gasteiger charge is 2.22. The van der Waals surface area contributed by atoms with Gasteiger partial charge in [0.05, 0.1) is 0 Å². The Morgan fingerprint density at radius 2 is 2.22 bits per heavy atom. The van der Waals surface area contributed by atoms with Crippen molar-refractivity contribution in [3.8, 4) is 5.75 Å². The van der Waals surface area contributed by atoms with Crippen molar-refractivity contribution in [2.24, 2.45) is 0 Å². The Morgan fingerprint density at radius 1 is 1.39 bits per heavy atom. The third-order valence-corrected chi connectivity index (χ3v) is 2.94. The average molecular weight is 248 g/mol. The van der Waals surface area contributed by atoms with E-state index in [0.29, 0.717) is 12.5 Å². The number of carbonyl (C=O) groups is 1. The lowest BCUT2D eigenvalue weighted by Crippen LogP contribution is -2.26. The molecule has 1 amide bonds. The van der Waals surface area contributed by atoms with Gasteiger partial charge in [-0.25, -0.2) is 0 Å². The minimum absolute atomic E-state index is 0.164. The molecule has 1 aromatic carbocycles. The Bertz CT molecular complexity index is 403. The number of hydrogen-bond donors (Lipinski definition) is 3. The fraction of sp³-hybridized carbons (Fsp3) is 0.500. The zero-order valence-electron chi connectivity index (χ0n) is 10.5. The van der Waals surface area contributed by atoms with Crippen molar-refractivity contribution in [1.82, 2.24) is 10.6 Å². The predicted molar refractivity (Wildman–Crippen MR) is 70.2 cm³/mol. The van der Waals surface area contributed by atoms with E-state index in [4.69, 9.17) is 0 Å². The summed E-state index contributed by atoms with van der Waals surface area (Å²) in [6.07, 6.45) is 3.71. The van der Waals surface area contributed by atoms with Crippen molar-refractivity contribution in [3.63, 3.8) is 0 Å². The maximum absolute atomic E-state index is 11.4. The van der Waals surface area contributed by atoms with Crippen molar-refractivity contribution in [2.75, 3.05) is 6.54 Å². The standard InChI is InChI=1S/C14H20N2O2/c17-13-4-1-3-11(9-13)10-15-8-2-5-14(18)16-12-6-7-12/h1,3-4,9,12,15,17H,2,5-8,10H2,(H,16,18). The SMILES string of the molecule is O=C(CCCNCc1cccc(O)c1)NC1CC1. The Kier molecular flexibility index (Phi) is 4.59. The van der Waals surface area contributed by atoms with Gasteiger partial charge in [0.15, 0.2) is 0 Å². The topological polar surface area (TPSA) is 61.4 Å². The Balaban J connectivity index is 1.54. The summed E-state index contributed by atoms with van der Waals surface area (Å²) in [6, 6.07) is 7.65. The van der Waals surface area contributed by atoms with Gasteiger partial charge in [0.1, 0.15) is 5.75 Å². The fourth-order valence-corrected chi connectivity index (χ4v) is 1.80. The number of hydrogen-bond acceptors (Lipinski definition) is 3. The number of nitrogens with one attached hydrogen (secondary N) is 2. The molecule has 1 aliphatic rings. The molecule has 2 rings (SSSR count). The first-order valence-corrected chi connectivity index (χ1v) is 6.52. The van der Waals surface area contributed by atoms with Gasteiger partial charge in [0, 0.05) is 19.0 Å². The van der Waals surface area contributed by atoms with Gasteiger partial charge in [-0.15, -0.1) is 0 Å². The smallest absolute Gasteiger partial charge is 0.220 e. The molecule has 0 saturated heterocycles. The summed E-state index contributed by atoms with van der Waals surface area (Å²) in [5.74, 6) is 0.453. The van der Waals surface area contributed by atoms with Crippen LogP contribution in [-0.2, 0) is 11.3 Å². The maximum atomic E-state index is 11.4. The van der Waals surface area contributed by atoms with Crippen LogP contribution in [0.2, 0.25) is 0 Å². The van der Waals surface area contributed by atoms with Crippen LogP contribution < -0.4 is 10.6 Å². The molecule has 0 spiro atoms. The monoisotopic (exact) mass is 248 g/mol. The Morgan fingerprint density at radius 3 is 2.94 bits per heavy atom. The van der Waals surface area contributed by atoms with Crippen LogP contribution in [0.25, 0.3) is 0 Å². The molecule has 1 aliphatic carbocycles. The number of carbonyl (C=O) groups excluding carboxylic acids is 1. The number of phenols is 1.